The summed E-state index contributed by atoms with van der Waals surface area (Å²) in [4.78, 5) is 22.4. The highest BCUT2D eigenvalue weighted by atomic mass is 16.5. The Morgan fingerprint density at radius 2 is 1.75 bits per heavy atom. The Bertz CT molecular complexity index is 1040. The molecule has 2 amide bonds. The number of carbonyl (C=O) groups is 2. The number of carbonyl (C=O) groups excluding carboxylic acids is 1. The highest BCUT2D eigenvalue weighted by molar-refractivity contribution is 5.95. The molecule has 2 rings (SSSR count). The number of hydrogen-bond acceptors (Lipinski definition) is 5. The van der Waals surface area contributed by atoms with E-state index in [1.807, 2.05) is 31.3 Å². The average Bonchev–Trinajstić information content (AvgIpc) is 2.75. The Hall–Kier alpha value is -3.94. The predicted octanol–water partition coefficient (Wildman–Crippen LogP) is 4.29. The van der Waals surface area contributed by atoms with Crippen LogP contribution in [-0.4, -0.2) is 43.0 Å². The zero-order valence-corrected chi connectivity index (χ0v) is 18.6. The van der Waals surface area contributed by atoms with Crippen LogP contribution in [0.15, 0.2) is 42.0 Å². The van der Waals surface area contributed by atoms with Crippen LogP contribution >= 0.6 is 0 Å². The number of aromatic hydroxyl groups is 1. The number of methoxy groups -OCH3 is 2. The number of hydrogen-bond donors (Lipinski definition) is 4. The lowest BCUT2D eigenvalue weighted by Crippen LogP contribution is -2.31. The molecule has 8 heteroatoms. The molecule has 2 aromatic rings. The molecular weight excluding hydrogens is 412 g/mol. The quantitative estimate of drug-likeness (QED) is 0.341. The van der Waals surface area contributed by atoms with Crippen LogP contribution in [0.1, 0.15) is 30.5 Å². The number of ether oxygens (including phenoxy) is 2. The summed E-state index contributed by atoms with van der Waals surface area (Å²) in [7, 11) is 3.05. The lowest BCUT2D eigenvalue weighted by molar-refractivity contribution is -0.115. The first kappa shape index (κ1) is 24.3. The van der Waals surface area contributed by atoms with Gasteiger partial charge in [-0.25, -0.2) is 4.79 Å². The molecule has 170 valence electrons. The van der Waals surface area contributed by atoms with Gasteiger partial charge in [-0.2, -0.15) is 0 Å². The van der Waals surface area contributed by atoms with E-state index in [2.05, 4.69) is 11.4 Å². The molecule has 0 aliphatic heterocycles. The summed E-state index contributed by atoms with van der Waals surface area (Å²) in [6.45, 7) is 3.67. The smallest absolute Gasteiger partial charge is 0.405 e. The maximum Gasteiger partial charge on any atom is 0.405 e. The van der Waals surface area contributed by atoms with Gasteiger partial charge >= 0.3 is 6.09 Å². The Labute approximate surface area is 187 Å². The second-order valence-corrected chi connectivity index (χ2v) is 7.20. The molecule has 8 nitrogen and oxygen atoms in total. The van der Waals surface area contributed by atoms with Crippen LogP contribution in [0.5, 0.6) is 17.2 Å². The molecule has 0 aromatic heterocycles. The third-order valence-corrected chi connectivity index (χ3v) is 4.52. The summed E-state index contributed by atoms with van der Waals surface area (Å²) in [5.74, 6) is 0.625. The highest BCUT2D eigenvalue weighted by Gasteiger charge is 2.11. The molecule has 0 spiro atoms. The van der Waals surface area contributed by atoms with E-state index in [1.165, 1.54) is 12.7 Å². The number of amides is 2. The number of benzene rings is 2. The van der Waals surface area contributed by atoms with Crippen LogP contribution in [0.2, 0.25) is 0 Å². The van der Waals surface area contributed by atoms with Crippen molar-refractivity contribution in [2.45, 2.75) is 20.3 Å². The van der Waals surface area contributed by atoms with Crippen LogP contribution in [0.25, 0.3) is 12.2 Å². The predicted molar refractivity (Wildman–Crippen MR) is 124 cm³/mol. The highest BCUT2D eigenvalue weighted by Crippen LogP contribution is 2.31. The molecule has 4 N–H and O–H groups in total. The van der Waals surface area contributed by atoms with Gasteiger partial charge in [0, 0.05) is 11.6 Å². The lowest BCUT2D eigenvalue weighted by atomic mass is 10.00. The maximum atomic E-state index is 11.9. The number of carboxylic acid groups (broad SMARTS) is 1. The monoisotopic (exact) mass is 440 g/mol. The number of phenols is 1. The number of rotatable bonds is 9. The molecule has 0 unspecified atom stereocenters. The van der Waals surface area contributed by atoms with E-state index in [9.17, 15) is 14.7 Å². The minimum Gasteiger partial charge on any atom is -0.508 e. The van der Waals surface area contributed by atoms with Crippen molar-refractivity contribution in [3.8, 4) is 17.2 Å². The molecular formula is C24H28N2O6. The van der Waals surface area contributed by atoms with E-state index in [0.29, 0.717) is 23.6 Å². The minimum atomic E-state index is -1.28. The van der Waals surface area contributed by atoms with Gasteiger partial charge < -0.3 is 30.3 Å². The van der Waals surface area contributed by atoms with Crippen molar-refractivity contribution < 1.29 is 29.3 Å². The summed E-state index contributed by atoms with van der Waals surface area (Å²) in [5, 5.41) is 23.3. The fraction of sp³-hybridized carbons (Fsp3) is 0.250. The second-order valence-electron chi connectivity index (χ2n) is 7.20. The third-order valence-electron chi connectivity index (χ3n) is 4.52. The van der Waals surface area contributed by atoms with E-state index in [0.717, 1.165) is 16.7 Å². The van der Waals surface area contributed by atoms with Crippen molar-refractivity contribution in [3.05, 3.63) is 58.7 Å². The summed E-state index contributed by atoms with van der Waals surface area (Å²) in [6.07, 6.45) is 5.21. The summed E-state index contributed by atoms with van der Waals surface area (Å²) in [6, 6.07) is 8.46. The molecule has 32 heavy (non-hydrogen) atoms. The molecule has 0 aliphatic carbocycles. The first-order valence-corrected chi connectivity index (χ1v) is 9.89. The molecule has 0 saturated carbocycles. The van der Waals surface area contributed by atoms with Crippen molar-refractivity contribution >= 4 is 29.8 Å². The number of phenolic OH excluding ortho intramolecular Hbond substituents is 1. The van der Waals surface area contributed by atoms with Gasteiger partial charge in [-0.15, -0.1) is 0 Å². The van der Waals surface area contributed by atoms with Gasteiger partial charge in [-0.1, -0.05) is 29.9 Å². The normalized spacial score (nSPS) is 10.5. The fourth-order valence-corrected chi connectivity index (χ4v) is 2.96. The lowest BCUT2D eigenvalue weighted by Gasteiger charge is -2.12. The number of nitrogens with one attached hydrogen (secondary N) is 2. The van der Waals surface area contributed by atoms with Crippen LogP contribution in [0.3, 0.4) is 0 Å². The van der Waals surface area contributed by atoms with Crippen molar-refractivity contribution in [2.75, 3.05) is 26.1 Å². The van der Waals surface area contributed by atoms with Gasteiger partial charge in [-0.3, -0.25) is 4.79 Å². The molecule has 0 radical (unpaired) electrons. The van der Waals surface area contributed by atoms with Crippen molar-refractivity contribution in [1.82, 2.24) is 5.32 Å². The molecule has 2 aromatic carbocycles. The summed E-state index contributed by atoms with van der Waals surface area (Å²) >= 11 is 0. The average molecular weight is 440 g/mol. The largest absolute Gasteiger partial charge is 0.508 e. The first-order valence-electron chi connectivity index (χ1n) is 9.89. The third kappa shape index (κ3) is 7.09. The van der Waals surface area contributed by atoms with E-state index >= 15 is 0 Å². The Balaban J connectivity index is 2.30. The van der Waals surface area contributed by atoms with Gasteiger partial charge in [0.05, 0.1) is 19.9 Å². The van der Waals surface area contributed by atoms with Gasteiger partial charge in [-0.05, 0) is 49.6 Å². The van der Waals surface area contributed by atoms with Crippen LogP contribution in [-0.2, 0) is 11.2 Å². The van der Waals surface area contributed by atoms with Crippen molar-refractivity contribution in [3.63, 3.8) is 0 Å². The van der Waals surface area contributed by atoms with Gasteiger partial charge in [0.15, 0.2) is 0 Å². The van der Waals surface area contributed by atoms with E-state index in [-0.39, 0.29) is 12.3 Å². The molecule has 0 atom stereocenters. The van der Waals surface area contributed by atoms with E-state index < -0.39 is 12.0 Å². The Kier molecular flexibility index (Phi) is 8.71. The van der Waals surface area contributed by atoms with E-state index in [4.69, 9.17) is 14.6 Å². The summed E-state index contributed by atoms with van der Waals surface area (Å²) < 4.78 is 10.8. The minimum absolute atomic E-state index is 0.105. The van der Waals surface area contributed by atoms with Crippen LogP contribution in [0.4, 0.5) is 10.5 Å². The van der Waals surface area contributed by atoms with Crippen LogP contribution in [0, 0.1) is 0 Å². The maximum absolute atomic E-state index is 11.9. The SMILES string of the molecule is COc1cc(/C=C/c2cc(O)cc(OC)c2CC=C(C)C)ccc1NC(=O)CNC(=O)O. The first-order chi connectivity index (χ1) is 15.2. The summed E-state index contributed by atoms with van der Waals surface area (Å²) in [5.41, 5.74) is 4.17. The molecule has 0 fully saturated rings. The zero-order chi connectivity index (χ0) is 23.7. The van der Waals surface area contributed by atoms with Crippen molar-refractivity contribution in [1.29, 1.82) is 0 Å². The number of anilines is 1. The molecule has 0 aliphatic rings. The molecule has 0 saturated heterocycles. The van der Waals surface area contributed by atoms with Crippen LogP contribution < -0.4 is 20.1 Å². The Morgan fingerprint density at radius 3 is 2.38 bits per heavy atom. The Morgan fingerprint density at radius 1 is 1.03 bits per heavy atom. The standard InChI is InChI=1S/C24H28N2O6/c1-15(2)5-9-19-17(12-18(27)13-21(19)31-3)8-6-16-7-10-20(22(11-16)32-4)26-23(28)14-25-24(29)30/h5-8,10-13,25,27H,9,14H2,1-4H3,(H,26,28)(H,29,30)/b8-6+. The zero-order valence-electron chi connectivity index (χ0n) is 18.6. The number of allylic oxidation sites excluding steroid dienone is 2. The molecule has 0 bridgehead atoms. The fourth-order valence-electron chi connectivity index (χ4n) is 2.96. The van der Waals surface area contributed by atoms with E-state index in [1.54, 1.807) is 37.4 Å². The second kappa shape index (κ2) is 11.5. The topological polar surface area (TPSA) is 117 Å². The van der Waals surface area contributed by atoms with Crippen molar-refractivity contribution in [2.24, 2.45) is 0 Å². The van der Waals surface area contributed by atoms with Gasteiger partial charge in [0.2, 0.25) is 5.91 Å². The van der Waals surface area contributed by atoms with Gasteiger partial charge in [0.25, 0.3) is 0 Å². The van der Waals surface area contributed by atoms with Gasteiger partial charge in [0.1, 0.15) is 23.8 Å². The molecule has 0 heterocycles.